The quantitative estimate of drug-likeness (QED) is 0.0261. The van der Waals surface area contributed by atoms with Crippen LogP contribution in [-0.4, -0.2) is 37.2 Å². The van der Waals surface area contributed by atoms with E-state index in [1.165, 1.54) is 186 Å². The van der Waals surface area contributed by atoms with Crippen molar-refractivity contribution in [2.24, 2.45) is 0 Å². The molecule has 0 saturated carbocycles. The number of esters is 3. The number of ether oxygens (including phenoxy) is 3. The lowest BCUT2D eigenvalue weighted by Crippen LogP contribution is -2.30. The van der Waals surface area contributed by atoms with Gasteiger partial charge in [-0.25, -0.2) is 0 Å². The van der Waals surface area contributed by atoms with Crippen LogP contribution in [-0.2, 0) is 28.6 Å². The van der Waals surface area contributed by atoms with Crippen LogP contribution >= 0.6 is 0 Å². The van der Waals surface area contributed by atoms with E-state index in [4.69, 9.17) is 14.2 Å². The van der Waals surface area contributed by atoms with Crippen LogP contribution in [0.3, 0.4) is 0 Å². The van der Waals surface area contributed by atoms with Crippen molar-refractivity contribution in [2.45, 2.75) is 329 Å². The van der Waals surface area contributed by atoms with Gasteiger partial charge < -0.3 is 14.2 Å². The first kappa shape index (κ1) is 72.6. The summed E-state index contributed by atoms with van der Waals surface area (Å²) in [6.07, 6.45) is 84.9. The molecular weight excluding hydrogens is 937 g/mol. The fraction of sp³-hybridized carbons (Fsp3) is 0.757. The number of rotatable bonds is 59. The first-order valence-corrected chi connectivity index (χ1v) is 32.6. The van der Waals surface area contributed by atoms with Crippen LogP contribution in [0.5, 0.6) is 0 Å². The van der Waals surface area contributed by atoms with Gasteiger partial charge in [0.25, 0.3) is 0 Å². The van der Waals surface area contributed by atoms with Crippen LogP contribution in [0.15, 0.2) is 85.1 Å². The maximum absolute atomic E-state index is 12.8. The molecular formula is C70H122O6. The van der Waals surface area contributed by atoms with Gasteiger partial charge in [-0.2, -0.15) is 0 Å². The molecule has 0 amide bonds. The van der Waals surface area contributed by atoms with Gasteiger partial charge in [-0.1, -0.05) is 292 Å². The molecule has 0 aromatic carbocycles. The Morgan fingerprint density at radius 1 is 0.276 bits per heavy atom. The molecule has 0 aliphatic heterocycles. The average molecular weight is 1060 g/mol. The van der Waals surface area contributed by atoms with Crippen molar-refractivity contribution in [3.63, 3.8) is 0 Å². The minimum absolute atomic E-state index is 0.102. The van der Waals surface area contributed by atoms with Gasteiger partial charge in [-0.05, 0) is 96.3 Å². The summed E-state index contributed by atoms with van der Waals surface area (Å²) in [6, 6.07) is 0. The lowest BCUT2D eigenvalue weighted by atomic mass is 10.0. The predicted octanol–water partition coefficient (Wildman–Crippen LogP) is 22.3. The van der Waals surface area contributed by atoms with Gasteiger partial charge in [0.15, 0.2) is 6.10 Å². The Morgan fingerprint density at radius 3 is 0.934 bits per heavy atom. The Bertz CT molecular complexity index is 1450. The zero-order valence-corrected chi connectivity index (χ0v) is 50.3. The van der Waals surface area contributed by atoms with Crippen LogP contribution in [0.1, 0.15) is 323 Å². The van der Waals surface area contributed by atoms with Crippen LogP contribution < -0.4 is 0 Å². The molecule has 6 nitrogen and oxygen atoms in total. The molecule has 0 aliphatic carbocycles. The second kappa shape index (κ2) is 64.1. The maximum atomic E-state index is 12.8. The number of unbranched alkanes of at least 4 members (excludes halogenated alkanes) is 34. The summed E-state index contributed by atoms with van der Waals surface area (Å²) in [5.74, 6) is -0.992. The third-order valence-corrected chi connectivity index (χ3v) is 14.1. The highest BCUT2D eigenvalue weighted by molar-refractivity contribution is 5.71. The van der Waals surface area contributed by atoms with Crippen LogP contribution in [0.2, 0.25) is 0 Å². The number of carbonyl (C=O) groups is 3. The van der Waals surface area contributed by atoms with Crippen molar-refractivity contribution in [3.8, 4) is 0 Å². The second-order valence-electron chi connectivity index (χ2n) is 21.6. The van der Waals surface area contributed by atoms with E-state index in [-0.39, 0.29) is 37.5 Å². The van der Waals surface area contributed by atoms with Crippen molar-refractivity contribution in [1.82, 2.24) is 0 Å². The van der Waals surface area contributed by atoms with Crippen molar-refractivity contribution < 1.29 is 28.6 Å². The van der Waals surface area contributed by atoms with Gasteiger partial charge >= 0.3 is 17.9 Å². The third kappa shape index (κ3) is 61.4. The van der Waals surface area contributed by atoms with E-state index >= 15 is 0 Å². The van der Waals surface area contributed by atoms with E-state index in [2.05, 4.69) is 99.8 Å². The summed E-state index contributed by atoms with van der Waals surface area (Å²) < 4.78 is 16.8. The Hall–Kier alpha value is -3.41. The van der Waals surface area contributed by atoms with Gasteiger partial charge in [-0.15, -0.1) is 0 Å². The predicted molar refractivity (Wildman–Crippen MR) is 330 cm³/mol. The summed E-state index contributed by atoms with van der Waals surface area (Å²) in [4.78, 5) is 38.2. The molecule has 0 heterocycles. The number of carbonyl (C=O) groups excluding carboxylic acids is 3. The second-order valence-corrected chi connectivity index (χ2v) is 21.6. The minimum Gasteiger partial charge on any atom is -0.462 e. The Morgan fingerprint density at radius 2 is 0.553 bits per heavy atom. The first-order valence-electron chi connectivity index (χ1n) is 32.6. The molecule has 1 unspecified atom stereocenters. The van der Waals surface area contributed by atoms with Gasteiger partial charge in [-0.3, -0.25) is 14.4 Å². The Kier molecular flexibility index (Phi) is 61.2. The fourth-order valence-electron chi connectivity index (χ4n) is 9.23. The first-order chi connectivity index (χ1) is 37.5. The highest BCUT2D eigenvalue weighted by atomic mass is 16.6. The number of allylic oxidation sites excluding steroid dienone is 14. The van der Waals surface area contributed by atoms with E-state index in [0.717, 1.165) is 89.9 Å². The summed E-state index contributed by atoms with van der Waals surface area (Å²) in [5.41, 5.74) is 0. The highest BCUT2D eigenvalue weighted by Gasteiger charge is 2.19. The molecule has 0 bridgehead atoms. The minimum atomic E-state index is -0.812. The van der Waals surface area contributed by atoms with Crippen molar-refractivity contribution in [3.05, 3.63) is 85.1 Å². The van der Waals surface area contributed by atoms with Crippen molar-refractivity contribution >= 4 is 17.9 Å². The van der Waals surface area contributed by atoms with Gasteiger partial charge in [0.1, 0.15) is 13.2 Å². The summed E-state index contributed by atoms with van der Waals surface area (Å²) in [5, 5.41) is 0. The summed E-state index contributed by atoms with van der Waals surface area (Å²) >= 11 is 0. The molecule has 0 N–H and O–H groups in total. The molecule has 438 valence electrons. The average Bonchev–Trinajstić information content (AvgIpc) is 3.42. The van der Waals surface area contributed by atoms with E-state index < -0.39 is 6.10 Å². The van der Waals surface area contributed by atoms with E-state index in [9.17, 15) is 14.4 Å². The highest BCUT2D eigenvalue weighted by Crippen LogP contribution is 2.17. The van der Waals surface area contributed by atoms with Gasteiger partial charge in [0, 0.05) is 19.3 Å². The lowest BCUT2D eigenvalue weighted by molar-refractivity contribution is -0.166. The maximum Gasteiger partial charge on any atom is 0.306 e. The largest absolute Gasteiger partial charge is 0.462 e. The lowest BCUT2D eigenvalue weighted by Gasteiger charge is -2.18. The van der Waals surface area contributed by atoms with Crippen LogP contribution in [0.4, 0.5) is 0 Å². The monoisotopic (exact) mass is 1060 g/mol. The standard InChI is InChI=1S/C70H122O6/c1-4-7-10-13-16-19-22-25-27-28-29-30-31-32-33-34-35-36-37-38-39-40-41-42-43-46-48-51-54-57-60-63-69(72)75-66-67(65-74-68(71)62-59-56-53-50-47-44-24-21-18-15-12-9-6-3)76-70(73)64-61-58-55-52-49-45-26-23-20-17-14-11-8-5-2/h9,12,14,17-18,21,23,26,28-29,44,47,53,56,67H,4-8,10-11,13,15-16,19-20,22,24-25,27,30-43,45-46,48-52,54-55,57-66H2,1-3H3/b12-9-,17-14-,21-18-,26-23-,29-28-,47-44-,56-53-. The van der Waals surface area contributed by atoms with Gasteiger partial charge in [0.05, 0.1) is 0 Å². The smallest absolute Gasteiger partial charge is 0.306 e. The third-order valence-electron chi connectivity index (χ3n) is 14.1. The molecule has 0 spiro atoms. The Balaban J connectivity index is 4.17. The van der Waals surface area contributed by atoms with E-state index in [1.54, 1.807) is 0 Å². The zero-order valence-electron chi connectivity index (χ0n) is 50.3. The van der Waals surface area contributed by atoms with E-state index in [0.29, 0.717) is 19.3 Å². The molecule has 0 aromatic rings. The normalized spacial score (nSPS) is 12.6. The molecule has 0 fully saturated rings. The van der Waals surface area contributed by atoms with Crippen LogP contribution in [0, 0.1) is 0 Å². The molecule has 0 saturated heterocycles. The van der Waals surface area contributed by atoms with Crippen molar-refractivity contribution in [1.29, 1.82) is 0 Å². The summed E-state index contributed by atoms with van der Waals surface area (Å²) in [7, 11) is 0. The zero-order chi connectivity index (χ0) is 55.0. The molecule has 1 atom stereocenters. The molecule has 0 rings (SSSR count). The number of hydrogen-bond donors (Lipinski definition) is 0. The number of hydrogen-bond acceptors (Lipinski definition) is 6. The fourth-order valence-corrected chi connectivity index (χ4v) is 9.23. The molecule has 76 heavy (non-hydrogen) atoms. The van der Waals surface area contributed by atoms with Crippen molar-refractivity contribution in [2.75, 3.05) is 13.2 Å². The molecule has 0 radical (unpaired) electrons. The summed E-state index contributed by atoms with van der Waals surface area (Å²) in [6.45, 7) is 6.43. The Labute approximate surface area is 471 Å². The van der Waals surface area contributed by atoms with E-state index in [1.807, 2.05) is 6.08 Å². The topological polar surface area (TPSA) is 78.9 Å². The molecule has 0 aliphatic rings. The molecule has 0 aromatic heterocycles. The molecule has 6 heteroatoms. The SMILES string of the molecule is CC/C=C\C/C=C\C/C=C\C/C=C\CCC(=O)OCC(COC(=O)CCCCCCCCCCCCCCCCCCCCC/C=C\CCCCCCCCCC)OC(=O)CCCCCCC/C=C\C/C=C\CCCC. The van der Waals surface area contributed by atoms with Crippen LogP contribution in [0.25, 0.3) is 0 Å². The van der Waals surface area contributed by atoms with Gasteiger partial charge in [0.2, 0.25) is 0 Å².